The van der Waals surface area contributed by atoms with E-state index in [9.17, 15) is 9.59 Å². The van der Waals surface area contributed by atoms with Gasteiger partial charge in [0, 0.05) is 18.0 Å². The Morgan fingerprint density at radius 2 is 1.88 bits per heavy atom. The molecule has 1 N–H and O–H groups in total. The molecule has 3 aromatic rings. The summed E-state index contributed by atoms with van der Waals surface area (Å²) in [5.41, 5.74) is 2.35. The molecule has 3 heterocycles. The van der Waals surface area contributed by atoms with Crippen LogP contribution in [0.1, 0.15) is 29.9 Å². The maximum atomic E-state index is 12.5. The summed E-state index contributed by atoms with van der Waals surface area (Å²) in [5, 5.41) is 11.4. The molecule has 0 saturated heterocycles. The predicted octanol–water partition coefficient (Wildman–Crippen LogP) is 1.95. The first-order valence-corrected chi connectivity index (χ1v) is 8.22. The number of hydrogen-bond donors (Lipinski definition) is 1. The highest BCUT2D eigenvalue weighted by atomic mass is 16.2. The molecule has 0 fully saturated rings. The second-order valence-electron chi connectivity index (χ2n) is 6.20. The van der Waals surface area contributed by atoms with Crippen molar-refractivity contribution in [3.05, 3.63) is 63.8 Å². The Labute approximate surface area is 150 Å². The SMILES string of the molecule is Cc1ccnc(NC(=O)C(C)n2nc(-n3nc(C)cc3C)ccc2=O)c1. The number of nitrogens with zero attached hydrogens (tertiary/aromatic N) is 5. The molecular weight excluding hydrogens is 332 g/mol. The molecule has 1 atom stereocenters. The van der Waals surface area contributed by atoms with Crippen LogP contribution in [-0.4, -0.2) is 30.5 Å². The molecule has 134 valence electrons. The summed E-state index contributed by atoms with van der Waals surface area (Å²) >= 11 is 0. The number of aryl methyl sites for hydroxylation is 3. The van der Waals surface area contributed by atoms with Crippen molar-refractivity contribution < 1.29 is 4.79 Å². The van der Waals surface area contributed by atoms with E-state index in [1.165, 1.54) is 6.07 Å². The molecule has 3 aromatic heterocycles. The molecule has 0 aliphatic rings. The van der Waals surface area contributed by atoms with Crippen LogP contribution in [0.3, 0.4) is 0 Å². The van der Waals surface area contributed by atoms with Gasteiger partial charge in [-0.3, -0.25) is 9.59 Å². The Morgan fingerprint density at radius 1 is 1.12 bits per heavy atom. The molecular formula is C18H20N6O2. The number of carbonyl (C=O) groups is 1. The normalized spacial score (nSPS) is 12.0. The summed E-state index contributed by atoms with van der Waals surface area (Å²) in [7, 11) is 0. The van der Waals surface area contributed by atoms with Gasteiger partial charge in [-0.15, -0.1) is 5.10 Å². The van der Waals surface area contributed by atoms with Gasteiger partial charge >= 0.3 is 0 Å². The molecule has 0 radical (unpaired) electrons. The highest BCUT2D eigenvalue weighted by Crippen LogP contribution is 2.12. The van der Waals surface area contributed by atoms with E-state index in [0.29, 0.717) is 11.6 Å². The number of hydrogen-bond acceptors (Lipinski definition) is 5. The summed E-state index contributed by atoms with van der Waals surface area (Å²) < 4.78 is 2.79. The first-order chi connectivity index (χ1) is 12.3. The van der Waals surface area contributed by atoms with Crippen molar-refractivity contribution >= 4 is 11.7 Å². The van der Waals surface area contributed by atoms with Crippen molar-refractivity contribution in [3.8, 4) is 5.82 Å². The van der Waals surface area contributed by atoms with E-state index in [2.05, 4.69) is 20.5 Å². The molecule has 1 unspecified atom stereocenters. The largest absolute Gasteiger partial charge is 0.309 e. The molecule has 26 heavy (non-hydrogen) atoms. The van der Waals surface area contributed by atoms with E-state index in [1.54, 1.807) is 29.9 Å². The van der Waals surface area contributed by atoms with Gasteiger partial charge in [-0.2, -0.15) is 5.10 Å². The number of aromatic nitrogens is 5. The summed E-state index contributed by atoms with van der Waals surface area (Å²) in [6.45, 7) is 7.30. The Bertz CT molecular complexity index is 1020. The number of nitrogens with one attached hydrogen (secondary N) is 1. The zero-order valence-corrected chi connectivity index (χ0v) is 15.1. The minimum Gasteiger partial charge on any atom is -0.309 e. The minimum absolute atomic E-state index is 0.366. The topological polar surface area (TPSA) is 94.7 Å². The lowest BCUT2D eigenvalue weighted by molar-refractivity contribution is -0.119. The van der Waals surface area contributed by atoms with Crippen LogP contribution in [0.15, 0.2) is 41.3 Å². The third kappa shape index (κ3) is 3.53. The smallest absolute Gasteiger partial charge is 0.267 e. The molecule has 0 aliphatic carbocycles. The summed E-state index contributed by atoms with van der Waals surface area (Å²) in [6, 6.07) is 7.67. The van der Waals surface area contributed by atoms with Crippen LogP contribution in [0.4, 0.5) is 5.82 Å². The monoisotopic (exact) mass is 352 g/mol. The highest BCUT2D eigenvalue weighted by molar-refractivity contribution is 5.92. The average Bonchev–Trinajstić information content (AvgIpc) is 2.93. The van der Waals surface area contributed by atoms with Crippen molar-refractivity contribution in [3.63, 3.8) is 0 Å². The van der Waals surface area contributed by atoms with Gasteiger partial charge in [-0.05, 0) is 57.5 Å². The van der Waals surface area contributed by atoms with Crippen LogP contribution >= 0.6 is 0 Å². The molecule has 0 aromatic carbocycles. The predicted molar refractivity (Wildman–Crippen MR) is 97.4 cm³/mol. The van der Waals surface area contributed by atoms with Crippen molar-refractivity contribution in [1.29, 1.82) is 0 Å². The molecule has 1 amide bonds. The van der Waals surface area contributed by atoms with Gasteiger partial charge < -0.3 is 5.32 Å². The van der Waals surface area contributed by atoms with Crippen LogP contribution in [0, 0.1) is 20.8 Å². The second-order valence-corrected chi connectivity index (χ2v) is 6.20. The molecule has 0 aliphatic heterocycles. The second kappa shape index (κ2) is 6.91. The Morgan fingerprint density at radius 3 is 2.54 bits per heavy atom. The van der Waals surface area contributed by atoms with Gasteiger partial charge in [-0.1, -0.05) is 0 Å². The van der Waals surface area contributed by atoms with Gasteiger partial charge in [0.1, 0.15) is 11.9 Å². The van der Waals surface area contributed by atoms with E-state index in [1.807, 2.05) is 32.9 Å². The lowest BCUT2D eigenvalue weighted by Gasteiger charge is -2.15. The van der Waals surface area contributed by atoms with Gasteiger partial charge in [0.05, 0.1) is 5.69 Å². The fourth-order valence-electron chi connectivity index (χ4n) is 2.61. The van der Waals surface area contributed by atoms with Gasteiger partial charge in [0.15, 0.2) is 5.82 Å². The number of anilines is 1. The maximum absolute atomic E-state index is 12.5. The Kier molecular flexibility index (Phi) is 4.66. The number of pyridine rings is 1. The van der Waals surface area contributed by atoms with Gasteiger partial charge in [0.25, 0.3) is 5.56 Å². The summed E-state index contributed by atoms with van der Waals surface area (Å²) in [5.74, 6) is 0.538. The van der Waals surface area contributed by atoms with Crippen molar-refractivity contribution in [2.75, 3.05) is 5.32 Å². The van der Waals surface area contributed by atoms with E-state index in [-0.39, 0.29) is 11.5 Å². The van der Waals surface area contributed by atoms with E-state index >= 15 is 0 Å². The molecule has 0 saturated carbocycles. The van der Waals surface area contributed by atoms with Crippen LogP contribution < -0.4 is 10.9 Å². The summed E-state index contributed by atoms with van der Waals surface area (Å²) in [4.78, 5) is 28.8. The molecule has 8 nitrogen and oxygen atoms in total. The van der Waals surface area contributed by atoms with Crippen LogP contribution in [0.25, 0.3) is 5.82 Å². The number of rotatable bonds is 4. The van der Waals surface area contributed by atoms with Crippen LogP contribution in [0.2, 0.25) is 0 Å². The molecule has 0 spiro atoms. The van der Waals surface area contributed by atoms with Crippen LogP contribution in [-0.2, 0) is 4.79 Å². The Hall–Kier alpha value is -3.29. The zero-order valence-electron chi connectivity index (χ0n) is 15.1. The van der Waals surface area contributed by atoms with Gasteiger partial charge in [-0.25, -0.2) is 14.3 Å². The first-order valence-electron chi connectivity index (χ1n) is 8.22. The summed E-state index contributed by atoms with van der Waals surface area (Å²) in [6.07, 6.45) is 1.61. The lowest BCUT2D eigenvalue weighted by Crippen LogP contribution is -2.34. The Balaban J connectivity index is 1.90. The third-order valence-corrected chi connectivity index (χ3v) is 3.95. The third-order valence-electron chi connectivity index (χ3n) is 3.95. The number of amides is 1. The fraction of sp³-hybridized carbons (Fsp3) is 0.278. The number of carbonyl (C=O) groups excluding carboxylic acids is 1. The quantitative estimate of drug-likeness (QED) is 0.774. The van der Waals surface area contributed by atoms with Crippen molar-refractivity contribution in [2.24, 2.45) is 0 Å². The van der Waals surface area contributed by atoms with Crippen LogP contribution in [0.5, 0.6) is 0 Å². The van der Waals surface area contributed by atoms with E-state index < -0.39 is 6.04 Å². The lowest BCUT2D eigenvalue weighted by atomic mass is 10.3. The van der Waals surface area contributed by atoms with E-state index in [4.69, 9.17) is 0 Å². The standard InChI is InChI=1S/C18H20N6O2/c1-11-7-8-19-15(9-11)20-18(26)14(4)24-17(25)6-5-16(22-24)23-13(3)10-12(2)21-23/h5-10,14H,1-4H3,(H,19,20,26). The average molecular weight is 352 g/mol. The molecule has 0 bridgehead atoms. The zero-order chi connectivity index (χ0) is 18.8. The van der Waals surface area contributed by atoms with E-state index in [0.717, 1.165) is 21.6 Å². The maximum Gasteiger partial charge on any atom is 0.267 e. The fourth-order valence-corrected chi connectivity index (χ4v) is 2.61. The molecule has 8 heteroatoms. The van der Waals surface area contributed by atoms with Crippen molar-refractivity contribution in [2.45, 2.75) is 33.7 Å². The highest BCUT2D eigenvalue weighted by Gasteiger charge is 2.19. The van der Waals surface area contributed by atoms with Gasteiger partial charge in [0.2, 0.25) is 5.91 Å². The van der Waals surface area contributed by atoms with Crippen molar-refractivity contribution in [1.82, 2.24) is 24.5 Å². The first kappa shape index (κ1) is 17.5. The minimum atomic E-state index is -0.804. The molecule has 3 rings (SSSR count).